The first kappa shape index (κ1) is 23.8. The quantitative estimate of drug-likeness (QED) is 0.149. The first-order valence-electron chi connectivity index (χ1n) is 9.63. The zero-order chi connectivity index (χ0) is 24.9. The Kier molecular flexibility index (Phi) is 6.30. The second-order valence-corrected chi connectivity index (χ2v) is 12.5. The predicted molar refractivity (Wildman–Crippen MR) is 136 cm³/mol. The van der Waals surface area contributed by atoms with E-state index in [4.69, 9.17) is 5.73 Å². The number of carbonyl (C=O) groups is 3. The summed E-state index contributed by atoms with van der Waals surface area (Å²) in [6, 6.07) is 2.29. The van der Waals surface area contributed by atoms with E-state index in [0.717, 1.165) is 32.7 Å². The van der Waals surface area contributed by atoms with E-state index in [2.05, 4.69) is 15.5 Å². The van der Waals surface area contributed by atoms with Gasteiger partial charge in [-0.15, -0.1) is 45.8 Å². The number of oxime groups is 1. The van der Waals surface area contributed by atoms with E-state index in [9.17, 15) is 29.5 Å². The van der Waals surface area contributed by atoms with Gasteiger partial charge < -0.3 is 21.4 Å². The van der Waals surface area contributed by atoms with Crippen molar-refractivity contribution < 1.29 is 24.7 Å². The number of nitrogens with zero attached hydrogens (tertiary/aromatic N) is 3. The molecule has 0 spiro atoms. The summed E-state index contributed by atoms with van der Waals surface area (Å²) in [6.45, 7) is 0. The molecule has 1 saturated heterocycles. The standard InChI is InChI=1S/C19H13N5O6S5/c20-19-21-6(4-33-19)11(23-30)15(26)22-12-16(27)24-13(18(28)29)9(5-32-17(12)24)35-10-3-7(25)14-8(34-10)1-2-31-14/h1-4,12,17,30H,5H2,(H2,20,21)(H,22,26)(H,28,29)/b23-11+/t12?,17-/m1/s1. The SMILES string of the molecule is Nc1nc(/C(=N\O)C(=O)NC2C(=O)N3C(C(=O)O)=C(Sc4cc(=O)c5sccc5s4)CS[C@H]23)cs1. The lowest BCUT2D eigenvalue weighted by molar-refractivity contribution is -0.150. The molecular formula is C19H13N5O6S5. The minimum absolute atomic E-state index is 0.0545. The maximum Gasteiger partial charge on any atom is 0.353 e. The molecule has 16 heteroatoms. The zero-order valence-corrected chi connectivity index (χ0v) is 21.2. The van der Waals surface area contributed by atoms with Gasteiger partial charge in [-0.3, -0.25) is 19.3 Å². The van der Waals surface area contributed by atoms with Crippen molar-refractivity contribution in [2.75, 3.05) is 11.5 Å². The lowest BCUT2D eigenvalue weighted by atomic mass is 10.0. The summed E-state index contributed by atoms with van der Waals surface area (Å²) in [6.07, 6.45) is 0. The maximum atomic E-state index is 12.9. The highest BCUT2D eigenvalue weighted by Crippen LogP contribution is 2.46. The molecule has 11 nitrogen and oxygen atoms in total. The average Bonchev–Trinajstić information content (AvgIpc) is 3.47. The number of thiazole rings is 1. The number of nitrogens with two attached hydrogens (primary N) is 1. The third kappa shape index (κ3) is 4.20. The Hall–Kier alpha value is -2.92. The lowest BCUT2D eigenvalue weighted by Gasteiger charge is -2.49. The number of nitrogens with one attached hydrogen (secondary N) is 1. The van der Waals surface area contributed by atoms with Crippen LogP contribution in [-0.2, 0) is 14.4 Å². The zero-order valence-electron chi connectivity index (χ0n) is 17.2. The second kappa shape index (κ2) is 9.27. The number of aromatic nitrogens is 1. The molecule has 1 unspecified atom stereocenters. The monoisotopic (exact) mass is 567 g/mol. The molecule has 35 heavy (non-hydrogen) atoms. The van der Waals surface area contributed by atoms with Crippen molar-refractivity contribution in [1.82, 2.24) is 15.2 Å². The van der Waals surface area contributed by atoms with Crippen LogP contribution in [0, 0.1) is 0 Å². The van der Waals surface area contributed by atoms with Crippen LogP contribution in [0.15, 0.2) is 47.7 Å². The maximum absolute atomic E-state index is 12.9. The van der Waals surface area contributed by atoms with Crippen LogP contribution in [0.4, 0.5) is 5.13 Å². The van der Waals surface area contributed by atoms with Crippen LogP contribution in [0.3, 0.4) is 0 Å². The van der Waals surface area contributed by atoms with Crippen LogP contribution in [0.1, 0.15) is 5.69 Å². The van der Waals surface area contributed by atoms with Crippen LogP contribution < -0.4 is 16.5 Å². The molecule has 0 bridgehead atoms. The number of carboxylic acids is 1. The predicted octanol–water partition coefficient (Wildman–Crippen LogP) is 2.03. The van der Waals surface area contributed by atoms with Crippen molar-refractivity contribution in [2.45, 2.75) is 15.6 Å². The number of amides is 2. The van der Waals surface area contributed by atoms with Gasteiger partial charge in [-0.1, -0.05) is 16.9 Å². The Bertz CT molecular complexity index is 1510. The van der Waals surface area contributed by atoms with Crippen molar-refractivity contribution in [3.63, 3.8) is 0 Å². The van der Waals surface area contributed by atoms with Gasteiger partial charge in [0.1, 0.15) is 22.8 Å². The molecule has 0 saturated carbocycles. The van der Waals surface area contributed by atoms with Gasteiger partial charge in [0, 0.05) is 22.1 Å². The first-order chi connectivity index (χ1) is 16.8. The van der Waals surface area contributed by atoms with Gasteiger partial charge >= 0.3 is 5.97 Å². The highest BCUT2D eigenvalue weighted by molar-refractivity contribution is 8.07. The van der Waals surface area contributed by atoms with Crippen LogP contribution in [0.2, 0.25) is 0 Å². The summed E-state index contributed by atoms with van der Waals surface area (Å²) < 4.78 is 2.08. The molecule has 0 aliphatic carbocycles. The molecule has 2 atom stereocenters. The molecular weight excluding hydrogens is 555 g/mol. The number of rotatable bonds is 6. The number of β-lactam (4-membered cyclic amide) rings is 1. The largest absolute Gasteiger partial charge is 0.477 e. The van der Waals surface area contributed by atoms with Crippen molar-refractivity contribution in [2.24, 2.45) is 5.16 Å². The minimum Gasteiger partial charge on any atom is -0.477 e. The van der Waals surface area contributed by atoms with Crippen LogP contribution in [-0.4, -0.2) is 60.9 Å². The van der Waals surface area contributed by atoms with Crippen LogP contribution in [0.25, 0.3) is 9.40 Å². The normalized spacial score (nSPS) is 20.1. The Balaban J connectivity index is 1.37. The molecule has 0 aromatic carbocycles. The van der Waals surface area contributed by atoms with Gasteiger partial charge in [0.2, 0.25) is 0 Å². The fourth-order valence-corrected chi connectivity index (χ4v) is 8.91. The number of carbonyl (C=O) groups excluding carboxylic acids is 2. The molecule has 3 aromatic rings. The van der Waals surface area contributed by atoms with Gasteiger partial charge in [0.25, 0.3) is 11.8 Å². The number of thiophene rings is 1. The third-order valence-electron chi connectivity index (χ3n) is 5.04. The molecule has 0 radical (unpaired) electrons. The lowest BCUT2D eigenvalue weighted by Crippen LogP contribution is -2.71. The van der Waals surface area contributed by atoms with Gasteiger partial charge in [0.05, 0.1) is 13.6 Å². The van der Waals surface area contributed by atoms with E-state index < -0.39 is 34.9 Å². The van der Waals surface area contributed by atoms with Gasteiger partial charge in [0.15, 0.2) is 16.3 Å². The molecule has 2 amide bonds. The average molecular weight is 568 g/mol. The van der Waals surface area contributed by atoms with E-state index in [1.165, 1.54) is 45.9 Å². The summed E-state index contributed by atoms with van der Waals surface area (Å²) >= 11 is 6.21. The number of carboxylic acid groups (broad SMARTS) is 1. The topological polar surface area (TPSA) is 175 Å². The van der Waals surface area contributed by atoms with E-state index in [1.807, 2.05) is 11.4 Å². The molecule has 180 valence electrons. The van der Waals surface area contributed by atoms with Crippen molar-refractivity contribution in [1.29, 1.82) is 0 Å². The first-order valence-corrected chi connectivity index (χ1v) is 14.1. The summed E-state index contributed by atoms with van der Waals surface area (Å²) in [5.74, 6) is -2.47. The van der Waals surface area contributed by atoms with Crippen molar-refractivity contribution in [3.05, 3.63) is 49.4 Å². The van der Waals surface area contributed by atoms with Crippen LogP contribution >= 0.6 is 57.5 Å². The van der Waals surface area contributed by atoms with Crippen LogP contribution in [0.5, 0.6) is 0 Å². The number of anilines is 1. The number of fused-ring (bicyclic) bond motifs is 2. The molecule has 2 aliphatic rings. The molecule has 3 aromatic heterocycles. The number of hydrogen-bond acceptors (Lipinski definition) is 13. The van der Waals surface area contributed by atoms with Gasteiger partial charge in [-0.05, 0) is 11.4 Å². The number of thioether (sulfide) groups is 2. The second-order valence-electron chi connectivity index (χ2n) is 7.10. The summed E-state index contributed by atoms with van der Waals surface area (Å²) in [4.78, 5) is 55.4. The fraction of sp³-hybridized carbons (Fsp3) is 0.158. The molecule has 1 fully saturated rings. The minimum atomic E-state index is -1.28. The molecule has 5 heterocycles. The third-order valence-corrected chi connectivity index (χ3v) is 10.5. The van der Waals surface area contributed by atoms with Gasteiger partial charge in [-0.2, -0.15) is 0 Å². The smallest absolute Gasteiger partial charge is 0.353 e. The Morgan fingerprint density at radius 2 is 2.11 bits per heavy atom. The van der Waals surface area contributed by atoms with E-state index >= 15 is 0 Å². The molecule has 5 rings (SSSR count). The highest BCUT2D eigenvalue weighted by Gasteiger charge is 2.54. The highest BCUT2D eigenvalue weighted by atomic mass is 32.2. The van der Waals surface area contributed by atoms with Crippen molar-refractivity contribution in [3.8, 4) is 0 Å². The van der Waals surface area contributed by atoms with Gasteiger partial charge in [-0.25, -0.2) is 9.78 Å². The summed E-state index contributed by atoms with van der Waals surface area (Å²) in [7, 11) is 0. The van der Waals surface area contributed by atoms with E-state index in [1.54, 1.807) is 0 Å². The van der Waals surface area contributed by atoms with Crippen molar-refractivity contribution >= 4 is 95.6 Å². The number of nitrogen functional groups attached to an aromatic ring is 1. The number of hydrogen-bond donors (Lipinski definition) is 4. The Labute approximate surface area is 216 Å². The Morgan fingerprint density at radius 1 is 1.31 bits per heavy atom. The summed E-state index contributed by atoms with van der Waals surface area (Å²) in [5, 5.41) is 27.4. The number of aliphatic carboxylic acids is 1. The molecule has 5 N–H and O–H groups in total. The summed E-state index contributed by atoms with van der Waals surface area (Å²) in [5.41, 5.74) is 4.89. The van der Waals surface area contributed by atoms with E-state index in [0.29, 0.717) is 13.8 Å². The Morgan fingerprint density at radius 3 is 2.80 bits per heavy atom. The van der Waals surface area contributed by atoms with E-state index in [-0.39, 0.29) is 27.7 Å². The molecule has 2 aliphatic heterocycles. The fourth-order valence-electron chi connectivity index (χ4n) is 3.53.